The molecule has 7 heteroatoms. The summed E-state index contributed by atoms with van der Waals surface area (Å²) in [5.74, 6) is -1.03. The molecule has 0 unspecified atom stereocenters. The van der Waals surface area contributed by atoms with E-state index in [2.05, 4.69) is 4.37 Å². The van der Waals surface area contributed by atoms with Gasteiger partial charge in [-0.1, -0.05) is 12.1 Å². The summed E-state index contributed by atoms with van der Waals surface area (Å²) >= 11 is 1.12. The topological polar surface area (TPSA) is 54.9 Å². The third kappa shape index (κ3) is 2.38. The van der Waals surface area contributed by atoms with Gasteiger partial charge < -0.3 is 4.57 Å². The SMILES string of the molecule is Cc1ccc(-c2cc3c(cc2F)c(=O)c2c(=O)[nH]sc2n3C2CC2)cc1F. The predicted molar refractivity (Wildman–Crippen MR) is 103 cm³/mol. The maximum absolute atomic E-state index is 14.8. The molecule has 1 fully saturated rings. The van der Waals surface area contributed by atoms with Crippen molar-refractivity contribution in [1.82, 2.24) is 8.94 Å². The van der Waals surface area contributed by atoms with E-state index >= 15 is 0 Å². The van der Waals surface area contributed by atoms with Crippen molar-refractivity contribution < 1.29 is 8.78 Å². The molecule has 5 rings (SSSR count). The summed E-state index contributed by atoms with van der Waals surface area (Å²) in [5, 5.41) is 0.250. The number of hydrogen-bond donors (Lipinski definition) is 1. The number of pyridine rings is 1. The van der Waals surface area contributed by atoms with Crippen molar-refractivity contribution in [2.75, 3.05) is 0 Å². The van der Waals surface area contributed by atoms with Crippen LogP contribution >= 0.6 is 11.5 Å². The van der Waals surface area contributed by atoms with Gasteiger partial charge >= 0.3 is 0 Å². The predicted octanol–water partition coefficient (Wildman–Crippen LogP) is 4.49. The van der Waals surface area contributed by atoms with Crippen LogP contribution in [0.5, 0.6) is 0 Å². The van der Waals surface area contributed by atoms with Crippen molar-refractivity contribution in [2.45, 2.75) is 25.8 Å². The number of aromatic amines is 1. The summed E-state index contributed by atoms with van der Waals surface area (Å²) in [5.41, 5.74) is 0.782. The highest BCUT2D eigenvalue weighted by atomic mass is 32.1. The van der Waals surface area contributed by atoms with E-state index in [4.69, 9.17) is 0 Å². The lowest BCUT2D eigenvalue weighted by molar-refractivity contribution is 0.617. The molecular formula is C20H14F2N2O2S. The Balaban J connectivity index is 1.91. The Morgan fingerprint density at radius 2 is 1.89 bits per heavy atom. The number of aryl methyl sites for hydroxylation is 1. The second kappa shape index (κ2) is 5.60. The van der Waals surface area contributed by atoms with Crippen LogP contribution in [0.2, 0.25) is 0 Å². The van der Waals surface area contributed by atoms with Crippen molar-refractivity contribution in [3.8, 4) is 11.1 Å². The van der Waals surface area contributed by atoms with Crippen LogP contribution in [-0.2, 0) is 0 Å². The number of nitrogens with zero attached hydrogens (tertiary/aromatic N) is 1. The lowest BCUT2D eigenvalue weighted by Crippen LogP contribution is -2.15. The molecule has 2 heterocycles. The molecule has 1 aliphatic carbocycles. The van der Waals surface area contributed by atoms with Gasteiger partial charge in [0.1, 0.15) is 21.9 Å². The van der Waals surface area contributed by atoms with E-state index in [1.807, 2.05) is 4.57 Å². The highest BCUT2D eigenvalue weighted by molar-refractivity contribution is 7.12. The highest BCUT2D eigenvalue weighted by Gasteiger charge is 2.29. The van der Waals surface area contributed by atoms with Crippen molar-refractivity contribution in [3.05, 3.63) is 68.1 Å². The summed E-state index contributed by atoms with van der Waals surface area (Å²) in [7, 11) is 0. The monoisotopic (exact) mass is 384 g/mol. The molecule has 27 heavy (non-hydrogen) atoms. The molecule has 0 saturated heterocycles. The van der Waals surface area contributed by atoms with E-state index in [1.54, 1.807) is 25.1 Å². The Labute approximate surface area is 155 Å². The number of benzene rings is 2. The van der Waals surface area contributed by atoms with Gasteiger partial charge in [0.05, 0.1) is 5.52 Å². The first-order valence-corrected chi connectivity index (χ1v) is 9.43. The lowest BCUT2D eigenvalue weighted by atomic mass is 10.0. The van der Waals surface area contributed by atoms with Gasteiger partial charge in [0.2, 0.25) is 5.43 Å². The number of halogens is 2. The average molecular weight is 384 g/mol. The standard InChI is InChI=1S/C20H14F2N2O2S/c1-9-2-3-10(6-14(9)21)12-8-16-13(7-15(12)22)18(25)17-19(26)23-27-20(17)24(16)11-4-5-11/h2-3,6-8,11H,4-5H2,1H3,(H,23,26). The summed E-state index contributed by atoms with van der Waals surface area (Å²) in [6, 6.07) is 7.50. The molecule has 0 radical (unpaired) electrons. The Morgan fingerprint density at radius 1 is 1.11 bits per heavy atom. The van der Waals surface area contributed by atoms with E-state index in [0.717, 1.165) is 24.4 Å². The molecule has 0 aliphatic heterocycles. The van der Waals surface area contributed by atoms with Crippen LogP contribution in [0.15, 0.2) is 39.9 Å². The van der Waals surface area contributed by atoms with Crippen molar-refractivity contribution in [1.29, 1.82) is 0 Å². The van der Waals surface area contributed by atoms with Gasteiger partial charge in [-0.3, -0.25) is 14.0 Å². The molecule has 1 N–H and O–H groups in total. The van der Waals surface area contributed by atoms with Gasteiger partial charge in [0.25, 0.3) is 5.56 Å². The number of nitrogens with one attached hydrogen (secondary N) is 1. The quantitative estimate of drug-likeness (QED) is 0.554. The van der Waals surface area contributed by atoms with Gasteiger partial charge in [-0.25, -0.2) is 8.78 Å². The second-order valence-corrected chi connectivity index (χ2v) is 7.75. The Morgan fingerprint density at radius 3 is 2.59 bits per heavy atom. The normalized spacial score (nSPS) is 14.3. The maximum Gasteiger partial charge on any atom is 0.271 e. The third-order valence-corrected chi connectivity index (χ3v) is 5.99. The van der Waals surface area contributed by atoms with Crippen LogP contribution in [0.1, 0.15) is 24.4 Å². The van der Waals surface area contributed by atoms with Gasteiger partial charge in [-0.15, -0.1) is 0 Å². The number of aromatic nitrogens is 2. The number of fused-ring (bicyclic) bond motifs is 2. The molecule has 0 bridgehead atoms. The molecule has 0 spiro atoms. The Hall–Kier alpha value is -2.80. The molecule has 4 nitrogen and oxygen atoms in total. The van der Waals surface area contributed by atoms with Gasteiger partial charge in [-0.05, 0) is 60.6 Å². The second-order valence-electron chi connectivity index (χ2n) is 6.96. The smallest absolute Gasteiger partial charge is 0.271 e. The van der Waals surface area contributed by atoms with Gasteiger partial charge in [-0.2, -0.15) is 0 Å². The van der Waals surface area contributed by atoms with Crippen LogP contribution in [0, 0.1) is 18.6 Å². The Kier molecular flexibility index (Phi) is 3.40. The summed E-state index contributed by atoms with van der Waals surface area (Å²) in [6.07, 6.45) is 1.87. The molecule has 1 saturated carbocycles. The lowest BCUT2D eigenvalue weighted by Gasteiger charge is -2.14. The van der Waals surface area contributed by atoms with Crippen molar-refractivity contribution in [2.24, 2.45) is 0 Å². The highest BCUT2D eigenvalue weighted by Crippen LogP contribution is 2.40. The third-order valence-electron chi connectivity index (χ3n) is 5.11. The zero-order valence-corrected chi connectivity index (χ0v) is 15.1. The van der Waals surface area contributed by atoms with Crippen LogP contribution in [0.3, 0.4) is 0 Å². The molecule has 2 aromatic carbocycles. The molecule has 136 valence electrons. The van der Waals surface area contributed by atoms with E-state index in [0.29, 0.717) is 21.5 Å². The average Bonchev–Trinajstić information content (AvgIpc) is 3.40. The fourth-order valence-corrected chi connectivity index (χ4v) is 4.45. The molecule has 0 amide bonds. The van der Waals surface area contributed by atoms with Crippen LogP contribution in [-0.4, -0.2) is 8.94 Å². The fraction of sp³-hybridized carbons (Fsp3) is 0.200. The molecule has 0 atom stereocenters. The van der Waals surface area contributed by atoms with Crippen LogP contribution in [0.25, 0.3) is 32.2 Å². The Bertz CT molecular complexity index is 1360. The van der Waals surface area contributed by atoms with Crippen molar-refractivity contribution in [3.63, 3.8) is 0 Å². The van der Waals surface area contributed by atoms with E-state index in [1.165, 1.54) is 12.1 Å². The number of hydrogen-bond acceptors (Lipinski definition) is 3. The fourth-order valence-electron chi connectivity index (χ4n) is 3.53. The largest absolute Gasteiger partial charge is 0.328 e. The maximum atomic E-state index is 14.8. The summed E-state index contributed by atoms with van der Waals surface area (Å²) < 4.78 is 33.4. The van der Waals surface area contributed by atoms with Crippen molar-refractivity contribution >= 4 is 32.7 Å². The number of H-pyrrole nitrogens is 1. The zero-order chi connectivity index (χ0) is 18.9. The van der Waals surface area contributed by atoms with E-state index < -0.39 is 22.6 Å². The van der Waals surface area contributed by atoms with Gasteiger partial charge in [0.15, 0.2) is 0 Å². The minimum atomic E-state index is -0.615. The zero-order valence-electron chi connectivity index (χ0n) is 14.3. The minimum absolute atomic E-state index is 0.0768. The molecule has 1 aliphatic rings. The molecule has 4 aromatic rings. The minimum Gasteiger partial charge on any atom is -0.328 e. The van der Waals surface area contributed by atoms with Crippen LogP contribution < -0.4 is 11.0 Å². The summed E-state index contributed by atoms with van der Waals surface area (Å²) in [4.78, 5) is 25.5. The van der Waals surface area contributed by atoms with E-state index in [-0.39, 0.29) is 22.4 Å². The number of rotatable bonds is 2. The molecular weight excluding hydrogens is 370 g/mol. The van der Waals surface area contributed by atoms with E-state index in [9.17, 15) is 18.4 Å². The first kappa shape index (κ1) is 16.4. The van der Waals surface area contributed by atoms with Gasteiger partial charge in [0, 0.05) is 17.0 Å². The summed E-state index contributed by atoms with van der Waals surface area (Å²) in [6.45, 7) is 1.64. The first-order valence-electron chi connectivity index (χ1n) is 8.61. The first-order chi connectivity index (χ1) is 13.0. The molecule has 2 aromatic heterocycles. The van der Waals surface area contributed by atoms with Crippen LogP contribution in [0.4, 0.5) is 8.78 Å².